The second kappa shape index (κ2) is 7.04. The SMILES string of the molecule is C=CC1([C@@H](C#N)C(=O)OC)C[C@H]2COC[C@@H](C1)N2C(=O)OC(C)(C)C. The summed E-state index contributed by atoms with van der Waals surface area (Å²) in [6.07, 6.45) is 2.07. The number of methoxy groups -OCH3 is 1. The van der Waals surface area contributed by atoms with E-state index in [-0.39, 0.29) is 12.1 Å². The number of carbonyl (C=O) groups is 2. The summed E-state index contributed by atoms with van der Waals surface area (Å²) < 4.78 is 15.9. The van der Waals surface area contributed by atoms with Crippen LogP contribution in [0.5, 0.6) is 0 Å². The van der Waals surface area contributed by atoms with Crippen LogP contribution < -0.4 is 0 Å². The van der Waals surface area contributed by atoms with Gasteiger partial charge in [0, 0.05) is 5.41 Å². The molecule has 7 heteroatoms. The number of carbonyl (C=O) groups excluding carboxylic acids is 2. The Kier molecular flexibility index (Phi) is 5.43. The number of nitriles is 1. The first-order valence-corrected chi connectivity index (χ1v) is 8.37. The fraction of sp³-hybridized carbons (Fsp3) is 0.722. The van der Waals surface area contributed by atoms with Gasteiger partial charge in [-0.15, -0.1) is 6.58 Å². The molecular formula is C18H26N2O5. The number of piperidine rings is 1. The number of hydrogen-bond donors (Lipinski definition) is 0. The number of ether oxygens (including phenoxy) is 3. The molecule has 2 aliphatic heterocycles. The largest absolute Gasteiger partial charge is 0.468 e. The van der Waals surface area contributed by atoms with Crippen LogP contribution in [0, 0.1) is 22.7 Å². The summed E-state index contributed by atoms with van der Waals surface area (Å²) in [7, 11) is 1.27. The van der Waals surface area contributed by atoms with Gasteiger partial charge in [0.05, 0.1) is 38.5 Å². The molecule has 1 unspecified atom stereocenters. The van der Waals surface area contributed by atoms with E-state index in [2.05, 4.69) is 12.6 Å². The Balaban J connectivity index is 2.30. The van der Waals surface area contributed by atoms with Crippen LogP contribution in [0.1, 0.15) is 33.6 Å². The molecule has 0 radical (unpaired) electrons. The topological polar surface area (TPSA) is 88.9 Å². The number of rotatable bonds is 3. The lowest BCUT2D eigenvalue weighted by Gasteiger charge is -2.53. The lowest BCUT2D eigenvalue weighted by molar-refractivity contribution is -0.152. The molecule has 2 saturated heterocycles. The lowest BCUT2D eigenvalue weighted by Crippen LogP contribution is -2.63. The molecule has 25 heavy (non-hydrogen) atoms. The molecule has 0 N–H and O–H groups in total. The molecule has 2 bridgehead atoms. The zero-order valence-corrected chi connectivity index (χ0v) is 15.3. The number of fused-ring (bicyclic) bond motifs is 2. The second-order valence-electron chi connectivity index (χ2n) is 7.66. The van der Waals surface area contributed by atoms with Crippen molar-refractivity contribution in [2.75, 3.05) is 20.3 Å². The van der Waals surface area contributed by atoms with Gasteiger partial charge >= 0.3 is 12.1 Å². The first kappa shape index (κ1) is 19.3. The van der Waals surface area contributed by atoms with Crippen LogP contribution in [0.15, 0.2) is 12.7 Å². The van der Waals surface area contributed by atoms with Crippen molar-refractivity contribution in [3.05, 3.63) is 12.7 Å². The van der Waals surface area contributed by atoms with Gasteiger partial charge in [0.25, 0.3) is 0 Å². The predicted molar refractivity (Wildman–Crippen MR) is 89.5 cm³/mol. The zero-order valence-electron chi connectivity index (χ0n) is 15.3. The first-order chi connectivity index (χ1) is 11.7. The maximum Gasteiger partial charge on any atom is 0.410 e. The van der Waals surface area contributed by atoms with E-state index in [1.54, 1.807) is 11.0 Å². The maximum atomic E-state index is 12.6. The van der Waals surface area contributed by atoms with E-state index in [0.29, 0.717) is 26.1 Å². The molecule has 138 valence electrons. The number of amides is 1. The Morgan fingerprint density at radius 1 is 1.36 bits per heavy atom. The monoisotopic (exact) mass is 350 g/mol. The summed E-state index contributed by atoms with van der Waals surface area (Å²) in [4.78, 5) is 26.4. The molecule has 4 atom stereocenters. The Morgan fingerprint density at radius 3 is 2.32 bits per heavy atom. The van der Waals surface area contributed by atoms with Crippen molar-refractivity contribution >= 4 is 12.1 Å². The molecule has 0 aliphatic carbocycles. The van der Waals surface area contributed by atoms with Crippen LogP contribution in [0.4, 0.5) is 4.79 Å². The van der Waals surface area contributed by atoms with Gasteiger partial charge in [0.15, 0.2) is 5.92 Å². The highest BCUT2D eigenvalue weighted by Crippen LogP contribution is 2.47. The number of hydrogen-bond acceptors (Lipinski definition) is 6. The number of allylic oxidation sites excluding steroid dienone is 1. The summed E-state index contributed by atoms with van der Waals surface area (Å²) >= 11 is 0. The summed E-state index contributed by atoms with van der Waals surface area (Å²) in [5, 5.41) is 9.53. The second-order valence-corrected chi connectivity index (χ2v) is 7.66. The first-order valence-electron chi connectivity index (χ1n) is 8.37. The maximum absolute atomic E-state index is 12.6. The van der Waals surface area contributed by atoms with Crippen LogP contribution in [0.25, 0.3) is 0 Å². The van der Waals surface area contributed by atoms with Gasteiger partial charge < -0.3 is 14.2 Å². The average molecular weight is 350 g/mol. The highest BCUT2D eigenvalue weighted by Gasteiger charge is 2.53. The molecule has 7 nitrogen and oxygen atoms in total. The number of nitrogens with zero attached hydrogens (tertiary/aromatic N) is 2. The van der Waals surface area contributed by atoms with Gasteiger partial charge in [0.2, 0.25) is 0 Å². The summed E-state index contributed by atoms with van der Waals surface area (Å²) in [6.45, 7) is 9.99. The van der Waals surface area contributed by atoms with E-state index in [4.69, 9.17) is 14.2 Å². The van der Waals surface area contributed by atoms with Crippen LogP contribution in [0.3, 0.4) is 0 Å². The highest BCUT2D eigenvalue weighted by molar-refractivity contribution is 5.77. The highest BCUT2D eigenvalue weighted by atomic mass is 16.6. The lowest BCUT2D eigenvalue weighted by atomic mass is 9.64. The molecule has 2 heterocycles. The van der Waals surface area contributed by atoms with Gasteiger partial charge in [-0.05, 0) is 33.6 Å². The normalized spacial score (nSPS) is 30.0. The third-order valence-electron chi connectivity index (χ3n) is 4.79. The van der Waals surface area contributed by atoms with Crippen molar-refractivity contribution in [3.63, 3.8) is 0 Å². The molecule has 2 aliphatic rings. The van der Waals surface area contributed by atoms with Gasteiger partial charge in [-0.3, -0.25) is 9.69 Å². The van der Waals surface area contributed by atoms with E-state index in [9.17, 15) is 14.9 Å². The number of morpholine rings is 1. The Morgan fingerprint density at radius 2 is 1.92 bits per heavy atom. The molecular weight excluding hydrogens is 324 g/mol. The van der Waals surface area contributed by atoms with Gasteiger partial charge in [-0.25, -0.2) is 4.79 Å². The fourth-order valence-corrected chi connectivity index (χ4v) is 3.74. The summed E-state index contributed by atoms with van der Waals surface area (Å²) in [5.41, 5.74) is -1.35. The van der Waals surface area contributed by atoms with Crippen LogP contribution in [0.2, 0.25) is 0 Å². The third kappa shape index (κ3) is 3.79. The molecule has 1 amide bonds. The van der Waals surface area contributed by atoms with Crippen molar-refractivity contribution in [1.29, 1.82) is 5.26 Å². The fourth-order valence-electron chi connectivity index (χ4n) is 3.74. The van der Waals surface area contributed by atoms with Crippen molar-refractivity contribution in [2.24, 2.45) is 11.3 Å². The van der Waals surface area contributed by atoms with Gasteiger partial charge in [-0.2, -0.15) is 5.26 Å². The Hall–Kier alpha value is -2.07. The van der Waals surface area contributed by atoms with Crippen LogP contribution in [-0.2, 0) is 19.0 Å². The molecule has 0 aromatic carbocycles. The molecule has 2 fully saturated rings. The standard InChI is InChI=1S/C18H26N2O5/c1-6-18(14(9-19)15(21)23-5)7-12-10-24-11-13(8-18)20(12)16(22)25-17(2,3)4/h6,12-14H,1,7-8,10-11H2,2-5H3/t12-,13+,14-,18?/m0/s1. The van der Waals surface area contributed by atoms with Crippen molar-refractivity contribution in [1.82, 2.24) is 4.90 Å². The smallest absolute Gasteiger partial charge is 0.410 e. The third-order valence-corrected chi connectivity index (χ3v) is 4.79. The quantitative estimate of drug-likeness (QED) is 0.573. The minimum atomic E-state index is -0.959. The van der Waals surface area contributed by atoms with Crippen LogP contribution >= 0.6 is 0 Å². The Labute approximate surface area is 148 Å². The van der Waals surface area contributed by atoms with E-state index in [0.717, 1.165) is 0 Å². The molecule has 0 spiro atoms. The van der Waals surface area contributed by atoms with Crippen molar-refractivity contribution in [2.45, 2.75) is 51.3 Å². The molecule has 0 aromatic rings. The van der Waals surface area contributed by atoms with Gasteiger partial charge in [-0.1, -0.05) is 6.08 Å². The van der Waals surface area contributed by atoms with Crippen molar-refractivity contribution < 1.29 is 23.8 Å². The van der Waals surface area contributed by atoms with E-state index >= 15 is 0 Å². The number of esters is 1. The van der Waals surface area contributed by atoms with Crippen LogP contribution in [-0.4, -0.2) is 55.0 Å². The summed E-state index contributed by atoms with van der Waals surface area (Å²) in [5.74, 6) is -1.54. The van der Waals surface area contributed by atoms with E-state index in [1.807, 2.05) is 20.8 Å². The predicted octanol–water partition coefficient (Wildman–Crippen LogP) is 2.27. The molecule has 2 rings (SSSR count). The average Bonchev–Trinajstić information content (AvgIpc) is 2.52. The minimum Gasteiger partial charge on any atom is -0.468 e. The zero-order chi connectivity index (χ0) is 18.8. The summed E-state index contributed by atoms with van der Waals surface area (Å²) in [6, 6.07) is 1.51. The van der Waals surface area contributed by atoms with Gasteiger partial charge in [0.1, 0.15) is 5.60 Å². The Bertz CT molecular complexity index is 575. The van der Waals surface area contributed by atoms with E-state index in [1.165, 1.54) is 7.11 Å². The van der Waals surface area contributed by atoms with Crippen molar-refractivity contribution in [3.8, 4) is 6.07 Å². The molecule has 0 saturated carbocycles. The van der Waals surface area contributed by atoms with E-state index < -0.39 is 29.0 Å². The molecule has 0 aromatic heterocycles. The minimum absolute atomic E-state index is 0.277.